The second kappa shape index (κ2) is 5.14. The minimum atomic E-state index is -1.02. The average Bonchev–Trinajstić information content (AvgIpc) is 2.84. The summed E-state index contributed by atoms with van der Waals surface area (Å²) in [4.78, 5) is 11.0. The van der Waals surface area contributed by atoms with Gasteiger partial charge in [-0.3, -0.25) is 0 Å². The third kappa shape index (κ3) is 2.59. The molecule has 1 N–H and O–H groups in total. The van der Waals surface area contributed by atoms with Crippen LogP contribution >= 0.6 is 0 Å². The van der Waals surface area contributed by atoms with Crippen LogP contribution in [0.2, 0.25) is 0 Å². The molecule has 1 heterocycles. The van der Waals surface area contributed by atoms with E-state index < -0.39 is 5.97 Å². The zero-order valence-electron chi connectivity index (χ0n) is 11.1. The Morgan fingerprint density at radius 2 is 2.11 bits per heavy atom. The zero-order valence-corrected chi connectivity index (χ0v) is 11.1. The van der Waals surface area contributed by atoms with E-state index in [4.69, 9.17) is 9.84 Å². The normalized spacial score (nSPS) is 10.7. The number of aromatic carboxylic acids is 1. The quantitative estimate of drug-likeness (QED) is 0.918. The molecular weight excluding hydrogens is 244 g/mol. The molecule has 0 aliphatic rings. The molecule has 5 nitrogen and oxygen atoms in total. The van der Waals surface area contributed by atoms with Crippen LogP contribution in [0.1, 0.15) is 35.9 Å². The molecule has 0 unspecified atom stereocenters. The Hall–Kier alpha value is -2.30. The van der Waals surface area contributed by atoms with Crippen molar-refractivity contribution < 1.29 is 14.6 Å². The van der Waals surface area contributed by atoms with Gasteiger partial charge in [0.15, 0.2) is 5.69 Å². The molecular formula is C14H16N2O3. The fourth-order valence-corrected chi connectivity index (χ4v) is 1.86. The lowest BCUT2D eigenvalue weighted by molar-refractivity contribution is 0.0690. The van der Waals surface area contributed by atoms with E-state index in [2.05, 4.69) is 5.10 Å². The van der Waals surface area contributed by atoms with Gasteiger partial charge in [-0.2, -0.15) is 5.10 Å². The molecule has 5 heteroatoms. The van der Waals surface area contributed by atoms with Gasteiger partial charge in [-0.05, 0) is 24.1 Å². The van der Waals surface area contributed by atoms with E-state index in [1.165, 1.54) is 0 Å². The number of ether oxygens (including phenoxy) is 1. The van der Waals surface area contributed by atoms with E-state index in [0.29, 0.717) is 5.75 Å². The summed E-state index contributed by atoms with van der Waals surface area (Å²) in [6, 6.07) is 8.98. The van der Waals surface area contributed by atoms with E-state index >= 15 is 0 Å². The summed E-state index contributed by atoms with van der Waals surface area (Å²) in [7, 11) is 1.59. The highest BCUT2D eigenvalue weighted by atomic mass is 16.5. The van der Waals surface area contributed by atoms with Crippen LogP contribution in [0.5, 0.6) is 5.75 Å². The molecule has 0 fully saturated rings. The van der Waals surface area contributed by atoms with Crippen LogP contribution in [-0.4, -0.2) is 28.0 Å². The Morgan fingerprint density at radius 3 is 2.68 bits per heavy atom. The summed E-state index contributed by atoms with van der Waals surface area (Å²) in [6.07, 6.45) is 0. The Labute approximate surface area is 111 Å². The van der Waals surface area contributed by atoms with Crippen LogP contribution in [-0.2, 0) is 0 Å². The van der Waals surface area contributed by atoms with Crippen molar-refractivity contribution in [3.63, 3.8) is 0 Å². The van der Waals surface area contributed by atoms with Gasteiger partial charge in [0.05, 0.1) is 12.8 Å². The maximum atomic E-state index is 11.0. The monoisotopic (exact) mass is 260 g/mol. The first-order valence-corrected chi connectivity index (χ1v) is 6.00. The number of carboxylic acid groups (broad SMARTS) is 1. The van der Waals surface area contributed by atoms with E-state index in [-0.39, 0.29) is 11.6 Å². The first-order valence-electron chi connectivity index (χ1n) is 6.00. The molecule has 0 saturated carbocycles. The van der Waals surface area contributed by atoms with Gasteiger partial charge in [0.2, 0.25) is 0 Å². The van der Waals surface area contributed by atoms with Gasteiger partial charge in [-0.1, -0.05) is 19.9 Å². The number of aromatic nitrogens is 2. The van der Waals surface area contributed by atoms with Crippen molar-refractivity contribution in [2.45, 2.75) is 19.8 Å². The number of carbonyl (C=O) groups is 1. The smallest absolute Gasteiger partial charge is 0.356 e. The molecule has 1 aromatic heterocycles. The summed E-state index contributed by atoms with van der Waals surface area (Å²) >= 11 is 0. The summed E-state index contributed by atoms with van der Waals surface area (Å²) in [5.74, 6) is -0.144. The average molecular weight is 260 g/mol. The number of methoxy groups -OCH3 is 1. The van der Waals surface area contributed by atoms with Crippen LogP contribution in [0.3, 0.4) is 0 Å². The van der Waals surface area contributed by atoms with Gasteiger partial charge in [0.1, 0.15) is 5.75 Å². The molecule has 2 rings (SSSR count). The Kier molecular flexibility index (Phi) is 3.55. The lowest BCUT2D eigenvalue weighted by atomic mass is 10.1. The standard InChI is InChI=1S/C14H16N2O3/c1-9(2)13-8-12(14(17)18)15-16(13)10-5-4-6-11(7-10)19-3/h4-9H,1-3H3,(H,17,18). The summed E-state index contributed by atoms with van der Waals surface area (Å²) in [5, 5.41) is 13.2. The number of hydrogen-bond donors (Lipinski definition) is 1. The maximum absolute atomic E-state index is 11.0. The molecule has 0 amide bonds. The van der Waals surface area contributed by atoms with Crippen molar-refractivity contribution >= 4 is 5.97 Å². The van der Waals surface area contributed by atoms with Gasteiger partial charge < -0.3 is 9.84 Å². The molecule has 19 heavy (non-hydrogen) atoms. The summed E-state index contributed by atoms with van der Waals surface area (Å²) < 4.78 is 6.82. The molecule has 100 valence electrons. The molecule has 1 aromatic carbocycles. The van der Waals surface area contributed by atoms with Gasteiger partial charge in [-0.15, -0.1) is 0 Å². The summed E-state index contributed by atoms with van der Waals surface area (Å²) in [6.45, 7) is 4.00. The minimum absolute atomic E-state index is 0.0477. The molecule has 0 aliphatic heterocycles. The Morgan fingerprint density at radius 1 is 1.37 bits per heavy atom. The SMILES string of the molecule is COc1cccc(-n2nc(C(=O)O)cc2C(C)C)c1. The molecule has 0 radical (unpaired) electrons. The van der Waals surface area contributed by atoms with Crippen LogP contribution in [0.4, 0.5) is 0 Å². The van der Waals surface area contributed by atoms with Crippen molar-refractivity contribution in [2.24, 2.45) is 0 Å². The maximum Gasteiger partial charge on any atom is 0.356 e. The highest BCUT2D eigenvalue weighted by Crippen LogP contribution is 2.23. The van der Waals surface area contributed by atoms with Gasteiger partial charge in [-0.25, -0.2) is 9.48 Å². The largest absolute Gasteiger partial charge is 0.497 e. The van der Waals surface area contributed by atoms with Gasteiger partial charge in [0, 0.05) is 11.8 Å². The van der Waals surface area contributed by atoms with Gasteiger partial charge in [0.25, 0.3) is 0 Å². The van der Waals surface area contributed by atoms with E-state index in [1.807, 2.05) is 38.1 Å². The van der Waals surface area contributed by atoms with Gasteiger partial charge >= 0.3 is 5.97 Å². The number of hydrogen-bond acceptors (Lipinski definition) is 3. The second-order valence-corrected chi connectivity index (χ2v) is 4.53. The highest BCUT2D eigenvalue weighted by Gasteiger charge is 2.16. The number of carboxylic acids is 1. The lowest BCUT2D eigenvalue weighted by Crippen LogP contribution is -2.05. The predicted octanol–water partition coefficient (Wildman–Crippen LogP) is 2.70. The number of nitrogens with zero attached hydrogens (tertiary/aromatic N) is 2. The highest BCUT2D eigenvalue weighted by molar-refractivity contribution is 5.85. The first-order chi connectivity index (χ1) is 9.02. The third-order valence-corrected chi connectivity index (χ3v) is 2.85. The third-order valence-electron chi connectivity index (χ3n) is 2.85. The molecule has 0 spiro atoms. The first kappa shape index (κ1) is 13.1. The fourth-order valence-electron chi connectivity index (χ4n) is 1.86. The lowest BCUT2D eigenvalue weighted by Gasteiger charge is -2.10. The van der Waals surface area contributed by atoms with Crippen molar-refractivity contribution in [3.05, 3.63) is 41.7 Å². The topological polar surface area (TPSA) is 64.4 Å². The second-order valence-electron chi connectivity index (χ2n) is 4.53. The van der Waals surface area contributed by atoms with Crippen LogP contribution in [0.25, 0.3) is 5.69 Å². The minimum Gasteiger partial charge on any atom is -0.497 e. The number of benzene rings is 1. The van der Waals surface area contributed by atoms with Crippen LogP contribution in [0, 0.1) is 0 Å². The molecule has 0 aliphatic carbocycles. The molecule has 0 atom stereocenters. The van der Waals surface area contributed by atoms with Crippen molar-refractivity contribution in [2.75, 3.05) is 7.11 Å². The molecule has 0 saturated heterocycles. The van der Waals surface area contributed by atoms with Crippen molar-refractivity contribution in [3.8, 4) is 11.4 Å². The van der Waals surface area contributed by atoms with E-state index in [0.717, 1.165) is 11.4 Å². The van der Waals surface area contributed by atoms with Crippen molar-refractivity contribution in [1.82, 2.24) is 9.78 Å². The molecule has 0 bridgehead atoms. The Balaban J connectivity index is 2.56. The summed E-state index contributed by atoms with van der Waals surface area (Å²) in [5.41, 5.74) is 1.69. The van der Waals surface area contributed by atoms with Crippen LogP contribution in [0.15, 0.2) is 30.3 Å². The number of rotatable bonds is 4. The van der Waals surface area contributed by atoms with Crippen LogP contribution < -0.4 is 4.74 Å². The Bertz CT molecular complexity index is 602. The predicted molar refractivity (Wildman–Crippen MR) is 71.2 cm³/mol. The van der Waals surface area contributed by atoms with E-state index in [9.17, 15) is 4.79 Å². The van der Waals surface area contributed by atoms with E-state index in [1.54, 1.807) is 17.9 Å². The fraction of sp³-hybridized carbons (Fsp3) is 0.286. The molecule has 2 aromatic rings. The zero-order chi connectivity index (χ0) is 14.0. The van der Waals surface area contributed by atoms with Crippen molar-refractivity contribution in [1.29, 1.82) is 0 Å².